The SMILES string of the molecule is COC(=O)[C@H]1CCC[C@@H](C=O)[C@@H]([Si](C)(C)C(C)(C)C)/C=C\1O[Si](C)(C)C(C)(C)C. The number of hydrogen-bond donors (Lipinski definition) is 0. The molecule has 0 radical (unpaired) electrons. The Morgan fingerprint density at radius 3 is 2.00 bits per heavy atom. The predicted octanol–water partition coefficient (Wildman–Crippen LogP) is 6.56. The van der Waals surface area contributed by atoms with E-state index in [1.807, 2.05) is 0 Å². The van der Waals surface area contributed by atoms with Crippen molar-refractivity contribution >= 4 is 28.6 Å². The highest BCUT2D eigenvalue weighted by atomic mass is 28.4. The number of hydrogen-bond acceptors (Lipinski definition) is 4. The molecule has 29 heavy (non-hydrogen) atoms. The number of carbonyl (C=O) groups excluding carboxylic acids is 2. The normalized spacial score (nSPS) is 26.6. The van der Waals surface area contributed by atoms with Gasteiger partial charge in [-0.25, -0.2) is 0 Å². The molecule has 0 spiro atoms. The van der Waals surface area contributed by atoms with Crippen LogP contribution < -0.4 is 0 Å². The molecule has 1 aliphatic carbocycles. The molecule has 0 aromatic carbocycles. The lowest BCUT2D eigenvalue weighted by Crippen LogP contribution is -2.46. The minimum atomic E-state index is -2.15. The Bertz CT molecular complexity index is 624. The van der Waals surface area contributed by atoms with Crippen molar-refractivity contribution in [3.8, 4) is 0 Å². The Morgan fingerprint density at radius 2 is 1.59 bits per heavy atom. The number of esters is 1. The van der Waals surface area contributed by atoms with Gasteiger partial charge in [0.25, 0.3) is 0 Å². The maximum atomic E-state index is 12.7. The molecule has 0 heterocycles. The molecule has 4 nitrogen and oxygen atoms in total. The number of carbonyl (C=O) groups is 2. The fourth-order valence-electron chi connectivity index (χ4n) is 3.62. The van der Waals surface area contributed by atoms with Gasteiger partial charge in [-0.2, -0.15) is 0 Å². The van der Waals surface area contributed by atoms with Crippen LogP contribution in [-0.4, -0.2) is 35.8 Å². The molecule has 3 atom stereocenters. The quantitative estimate of drug-likeness (QED) is 0.276. The Hall–Kier alpha value is -0.886. The minimum Gasteiger partial charge on any atom is -0.546 e. The second kappa shape index (κ2) is 9.08. The topological polar surface area (TPSA) is 52.6 Å². The second-order valence-electron chi connectivity index (χ2n) is 11.7. The molecule has 0 aromatic rings. The van der Waals surface area contributed by atoms with E-state index < -0.39 is 16.4 Å². The van der Waals surface area contributed by atoms with Crippen LogP contribution >= 0.6 is 0 Å². The Morgan fingerprint density at radius 1 is 1.03 bits per heavy atom. The molecule has 0 unspecified atom stereocenters. The van der Waals surface area contributed by atoms with Crippen molar-refractivity contribution < 1.29 is 18.8 Å². The third kappa shape index (κ3) is 5.84. The summed E-state index contributed by atoms with van der Waals surface area (Å²) < 4.78 is 11.9. The number of ether oxygens (including phenoxy) is 1. The van der Waals surface area contributed by atoms with E-state index in [-0.39, 0.29) is 33.4 Å². The van der Waals surface area contributed by atoms with Crippen molar-refractivity contribution in [3.63, 3.8) is 0 Å². The van der Waals surface area contributed by atoms with Crippen LogP contribution in [-0.2, 0) is 18.8 Å². The van der Waals surface area contributed by atoms with Crippen LogP contribution in [0.25, 0.3) is 0 Å². The molecule has 1 rings (SSSR count). The molecule has 0 bridgehead atoms. The minimum absolute atomic E-state index is 0.0208. The molecule has 1 aliphatic rings. The standard InChI is InChI=1S/C23H44O4Si2/c1-22(2,3)28(8,9)20-15-19(27-29(10,11)23(4,5)6)18(21(25)26-7)14-12-13-17(20)16-24/h15-18,20H,12-14H2,1-11H3/b19-15+/t17-,18-,20-/m0/s1. The van der Waals surface area contributed by atoms with Crippen molar-refractivity contribution in [2.75, 3.05) is 7.11 Å². The van der Waals surface area contributed by atoms with Crippen molar-refractivity contribution in [1.82, 2.24) is 0 Å². The van der Waals surface area contributed by atoms with Gasteiger partial charge in [0.05, 0.1) is 20.9 Å². The van der Waals surface area contributed by atoms with Gasteiger partial charge < -0.3 is 14.0 Å². The first kappa shape index (κ1) is 26.1. The monoisotopic (exact) mass is 440 g/mol. The van der Waals surface area contributed by atoms with E-state index in [9.17, 15) is 9.59 Å². The smallest absolute Gasteiger partial charge is 0.316 e. The van der Waals surface area contributed by atoms with Crippen LogP contribution in [0.1, 0.15) is 60.8 Å². The highest BCUT2D eigenvalue weighted by Gasteiger charge is 2.47. The summed E-state index contributed by atoms with van der Waals surface area (Å²) in [4.78, 5) is 24.8. The van der Waals surface area contributed by atoms with Crippen LogP contribution in [0.15, 0.2) is 11.8 Å². The maximum Gasteiger partial charge on any atom is 0.316 e. The van der Waals surface area contributed by atoms with E-state index in [4.69, 9.17) is 9.16 Å². The van der Waals surface area contributed by atoms with Gasteiger partial charge in [-0.3, -0.25) is 4.79 Å². The Balaban J connectivity index is 3.64. The van der Waals surface area contributed by atoms with Gasteiger partial charge in [-0.15, -0.1) is 0 Å². The lowest BCUT2D eigenvalue weighted by molar-refractivity contribution is -0.145. The number of allylic oxidation sites excluding steroid dienone is 1. The largest absolute Gasteiger partial charge is 0.546 e. The lowest BCUT2D eigenvalue weighted by atomic mass is 9.89. The third-order valence-electron chi connectivity index (χ3n) is 7.78. The number of rotatable bonds is 5. The zero-order valence-electron chi connectivity index (χ0n) is 20.6. The van der Waals surface area contributed by atoms with Gasteiger partial charge in [-0.1, -0.05) is 61.1 Å². The average Bonchev–Trinajstić information content (AvgIpc) is 2.54. The molecular weight excluding hydrogens is 396 g/mol. The molecule has 0 amide bonds. The van der Waals surface area contributed by atoms with E-state index in [0.717, 1.165) is 24.9 Å². The van der Waals surface area contributed by atoms with Gasteiger partial charge in [0.1, 0.15) is 12.2 Å². The van der Waals surface area contributed by atoms with Crippen molar-refractivity contribution in [2.45, 2.75) is 103 Å². The molecule has 0 aliphatic heterocycles. The summed E-state index contributed by atoms with van der Waals surface area (Å²) in [5.41, 5.74) is 0.132. The first-order valence-electron chi connectivity index (χ1n) is 10.9. The third-order valence-corrected chi connectivity index (χ3v) is 18.3. The fraction of sp³-hybridized carbons (Fsp3) is 0.826. The number of aldehydes is 1. The first-order chi connectivity index (χ1) is 13.0. The zero-order valence-corrected chi connectivity index (χ0v) is 22.6. The van der Waals surface area contributed by atoms with Crippen molar-refractivity contribution in [2.24, 2.45) is 11.8 Å². The highest BCUT2D eigenvalue weighted by molar-refractivity contribution is 6.82. The molecule has 168 valence electrons. The van der Waals surface area contributed by atoms with Crippen LogP contribution in [0.4, 0.5) is 0 Å². The van der Waals surface area contributed by atoms with Gasteiger partial charge in [0, 0.05) is 5.92 Å². The molecule has 0 fully saturated rings. The van der Waals surface area contributed by atoms with Crippen LogP contribution in [0.2, 0.25) is 41.8 Å². The van der Waals surface area contributed by atoms with E-state index in [1.54, 1.807) is 0 Å². The molecule has 0 N–H and O–H groups in total. The van der Waals surface area contributed by atoms with Gasteiger partial charge in [0.15, 0.2) is 0 Å². The van der Waals surface area contributed by atoms with Crippen molar-refractivity contribution in [3.05, 3.63) is 11.8 Å². The fourth-order valence-corrected chi connectivity index (χ4v) is 7.62. The average molecular weight is 441 g/mol. The van der Waals surface area contributed by atoms with Crippen LogP contribution in [0.5, 0.6) is 0 Å². The van der Waals surface area contributed by atoms with Gasteiger partial charge in [-0.05, 0) is 47.6 Å². The number of methoxy groups -OCH3 is 1. The molecule has 0 saturated carbocycles. The van der Waals surface area contributed by atoms with Crippen LogP contribution in [0, 0.1) is 11.8 Å². The summed E-state index contributed by atoms with van der Waals surface area (Å²) in [6, 6.07) is 0. The molecule has 0 saturated heterocycles. The van der Waals surface area contributed by atoms with Crippen LogP contribution in [0.3, 0.4) is 0 Å². The zero-order chi connectivity index (χ0) is 22.8. The van der Waals surface area contributed by atoms with Gasteiger partial charge in [0.2, 0.25) is 8.32 Å². The van der Waals surface area contributed by atoms with Crippen molar-refractivity contribution in [1.29, 1.82) is 0 Å². The van der Waals surface area contributed by atoms with E-state index in [2.05, 4.69) is 73.8 Å². The summed E-state index contributed by atoms with van der Waals surface area (Å²) >= 11 is 0. The molecular formula is C23H44O4Si2. The highest BCUT2D eigenvalue weighted by Crippen LogP contribution is 2.50. The Kier molecular flexibility index (Phi) is 8.19. The van der Waals surface area contributed by atoms with Gasteiger partial charge >= 0.3 is 5.97 Å². The van der Waals surface area contributed by atoms with E-state index >= 15 is 0 Å². The van der Waals surface area contributed by atoms with E-state index in [0.29, 0.717) is 6.42 Å². The second-order valence-corrected chi connectivity index (χ2v) is 22.1. The molecule has 0 aromatic heterocycles. The summed E-state index contributed by atoms with van der Waals surface area (Å²) in [5.74, 6) is 0.125. The summed E-state index contributed by atoms with van der Waals surface area (Å²) in [6.07, 6.45) is 5.63. The predicted molar refractivity (Wildman–Crippen MR) is 126 cm³/mol. The summed E-state index contributed by atoms with van der Waals surface area (Å²) in [6.45, 7) is 22.6. The molecule has 6 heteroatoms. The summed E-state index contributed by atoms with van der Waals surface area (Å²) in [7, 11) is -2.60. The maximum absolute atomic E-state index is 12.7. The summed E-state index contributed by atoms with van der Waals surface area (Å²) in [5, 5.41) is 0.144. The Labute approximate surface area is 181 Å². The lowest BCUT2D eigenvalue weighted by Gasteiger charge is -2.46. The first-order valence-corrected chi connectivity index (χ1v) is 16.9. The van der Waals surface area contributed by atoms with E-state index in [1.165, 1.54) is 7.11 Å².